The summed E-state index contributed by atoms with van der Waals surface area (Å²) in [6.45, 7) is 12.5. The zero-order chi connectivity index (χ0) is 22.4. The van der Waals surface area contributed by atoms with Crippen molar-refractivity contribution in [2.75, 3.05) is 19.7 Å². The first-order valence-corrected chi connectivity index (χ1v) is 11.6. The molecular formula is C22H34N2O5S. The molecule has 0 aromatic rings. The minimum absolute atomic E-state index is 0.0186. The Hall–Kier alpha value is -1.54. The molecule has 168 valence electrons. The Labute approximate surface area is 182 Å². The van der Waals surface area contributed by atoms with Crippen LogP contribution in [0.4, 0.5) is 0 Å². The summed E-state index contributed by atoms with van der Waals surface area (Å²) in [7, 11) is 0. The van der Waals surface area contributed by atoms with E-state index in [1.807, 2.05) is 20.8 Å². The van der Waals surface area contributed by atoms with Crippen LogP contribution in [0.15, 0.2) is 12.7 Å². The standard InChI is InChI=1S/C22H34N2O5S/c1-6-9-24(21(3,4)5)19(27)17-22-13(2)12-14(30-22)15(20(28)29)16(22)18(26)23(17)10-7-8-11-25/h6,13-17,25H,1,7-12H2,2-5H3,(H,28,29)/t13?,14-,15+,16-,17?,22?/m0/s1. The molecule has 2 bridgehead atoms. The molecule has 0 aliphatic carbocycles. The molecule has 3 heterocycles. The van der Waals surface area contributed by atoms with E-state index in [4.69, 9.17) is 0 Å². The number of likely N-dealkylation sites (tertiary alicyclic amines) is 1. The van der Waals surface area contributed by atoms with Crippen LogP contribution in [-0.2, 0) is 14.4 Å². The Morgan fingerprint density at radius 2 is 2.03 bits per heavy atom. The number of unbranched alkanes of at least 4 members (excludes halogenated alkanes) is 1. The molecule has 3 aliphatic heterocycles. The van der Waals surface area contributed by atoms with Crippen LogP contribution in [0.3, 0.4) is 0 Å². The van der Waals surface area contributed by atoms with Gasteiger partial charge in [0.2, 0.25) is 11.8 Å². The first-order valence-electron chi connectivity index (χ1n) is 10.8. The number of aliphatic hydroxyl groups is 1. The molecule has 3 unspecified atom stereocenters. The number of aliphatic carboxylic acids is 1. The van der Waals surface area contributed by atoms with Crippen LogP contribution >= 0.6 is 11.8 Å². The second-order valence-electron chi connectivity index (χ2n) is 9.76. The third kappa shape index (κ3) is 3.36. The summed E-state index contributed by atoms with van der Waals surface area (Å²) in [5.74, 6) is -2.65. The van der Waals surface area contributed by atoms with Crippen LogP contribution < -0.4 is 0 Å². The van der Waals surface area contributed by atoms with Gasteiger partial charge < -0.3 is 20.0 Å². The van der Waals surface area contributed by atoms with Crippen LogP contribution in [0.5, 0.6) is 0 Å². The van der Waals surface area contributed by atoms with Crippen molar-refractivity contribution in [2.45, 2.75) is 68.5 Å². The van der Waals surface area contributed by atoms with Crippen molar-refractivity contribution >= 4 is 29.5 Å². The van der Waals surface area contributed by atoms with Crippen molar-refractivity contribution in [1.82, 2.24) is 9.80 Å². The maximum Gasteiger partial charge on any atom is 0.308 e. The fourth-order valence-corrected chi connectivity index (χ4v) is 8.10. The number of rotatable bonds is 8. The normalized spacial score (nSPS) is 34.9. The summed E-state index contributed by atoms with van der Waals surface area (Å²) in [5, 5.41) is 19.0. The van der Waals surface area contributed by atoms with Crippen LogP contribution in [0, 0.1) is 17.8 Å². The molecule has 3 saturated heterocycles. The number of carboxylic acid groups (broad SMARTS) is 1. The molecule has 8 heteroatoms. The van der Waals surface area contributed by atoms with Gasteiger partial charge in [0, 0.05) is 30.5 Å². The Balaban J connectivity index is 2.08. The molecule has 6 atom stereocenters. The lowest BCUT2D eigenvalue weighted by Crippen LogP contribution is -2.60. The monoisotopic (exact) mass is 438 g/mol. The molecule has 3 fully saturated rings. The highest BCUT2D eigenvalue weighted by Crippen LogP contribution is 2.68. The lowest BCUT2D eigenvalue weighted by atomic mass is 9.66. The Morgan fingerprint density at radius 1 is 1.37 bits per heavy atom. The summed E-state index contributed by atoms with van der Waals surface area (Å²) < 4.78 is -0.716. The van der Waals surface area contributed by atoms with E-state index in [0.717, 1.165) is 0 Å². The quantitative estimate of drug-likeness (QED) is 0.444. The zero-order valence-electron chi connectivity index (χ0n) is 18.3. The van der Waals surface area contributed by atoms with Gasteiger partial charge in [0.15, 0.2) is 0 Å². The topological polar surface area (TPSA) is 98.2 Å². The highest BCUT2D eigenvalue weighted by Gasteiger charge is 2.76. The van der Waals surface area contributed by atoms with Crippen LogP contribution in [-0.4, -0.2) is 79.1 Å². The molecular weight excluding hydrogens is 404 g/mol. The second-order valence-corrected chi connectivity index (χ2v) is 11.3. The Bertz CT molecular complexity index is 736. The molecule has 3 rings (SSSR count). The maximum absolute atomic E-state index is 14.0. The molecule has 3 aliphatic rings. The molecule has 1 spiro atoms. The highest BCUT2D eigenvalue weighted by atomic mass is 32.2. The van der Waals surface area contributed by atoms with Gasteiger partial charge in [-0.25, -0.2) is 0 Å². The van der Waals surface area contributed by atoms with Crippen molar-refractivity contribution in [3.05, 3.63) is 12.7 Å². The van der Waals surface area contributed by atoms with E-state index in [1.54, 1.807) is 27.6 Å². The predicted octanol–water partition coefficient (Wildman–Crippen LogP) is 1.99. The van der Waals surface area contributed by atoms with Gasteiger partial charge in [0.25, 0.3) is 0 Å². The number of carbonyl (C=O) groups is 3. The van der Waals surface area contributed by atoms with Gasteiger partial charge in [0.1, 0.15) is 6.04 Å². The van der Waals surface area contributed by atoms with Gasteiger partial charge in [-0.15, -0.1) is 18.3 Å². The average Bonchev–Trinajstić information content (AvgIpc) is 3.23. The molecule has 0 aromatic heterocycles. The molecule has 0 radical (unpaired) electrons. The fraction of sp³-hybridized carbons (Fsp3) is 0.773. The van der Waals surface area contributed by atoms with Gasteiger partial charge >= 0.3 is 5.97 Å². The SMILES string of the molecule is C=CCN(C(=O)C1N(CCCCO)C(=O)[C@@H]2[C@H](C(=O)O)[C@@H]3CC(C)C12S3)C(C)(C)C. The van der Waals surface area contributed by atoms with E-state index in [0.29, 0.717) is 32.4 Å². The zero-order valence-corrected chi connectivity index (χ0v) is 19.2. The summed E-state index contributed by atoms with van der Waals surface area (Å²) >= 11 is 1.56. The number of carboxylic acids is 1. The Kier molecular flexibility index (Phi) is 6.31. The summed E-state index contributed by atoms with van der Waals surface area (Å²) in [6.07, 6.45) is 3.50. The number of carbonyl (C=O) groups excluding carboxylic acids is 2. The van der Waals surface area contributed by atoms with Gasteiger partial charge in [-0.3, -0.25) is 14.4 Å². The third-order valence-corrected chi connectivity index (χ3v) is 9.04. The average molecular weight is 439 g/mol. The summed E-state index contributed by atoms with van der Waals surface area (Å²) in [6, 6.07) is -0.692. The van der Waals surface area contributed by atoms with Crippen LogP contribution in [0.2, 0.25) is 0 Å². The van der Waals surface area contributed by atoms with Gasteiger partial charge in [0.05, 0.1) is 16.6 Å². The molecule has 0 aromatic carbocycles. The molecule has 30 heavy (non-hydrogen) atoms. The van der Waals surface area contributed by atoms with Gasteiger partial charge in [-0.2, -0.15) is 0 Å². The predicted molar refractivity (Wildman–Crippen MR) is 116 cm³/mol. The number of nitrogens with zero attached hydrogens (tertiary/aromatic N) is 2. The van der Waals surface area contributed by atoms with E-state index in [-0.39, 0.29) is 29.6 Å². The van der Waals surface area contributed by atoms with Crippen LogP contribution in [0.1, 0.15) is 47.0 Å². The minimum atomic E-state index is -0.943. The Morgan fingerprint density at radius 3 is 2.57 bits per heavy atom. The molecule has 2 N–H and O–H groups in total. The third-order valence-electron chi connectivity index (χ3n) is 6.96. The second kappa shape index (κ2) is 8.19. The van der Waals surface area contributed by atoms with Crippen molar-refractivity contribution in [3.63, 3.8) is 0 Å². The van der Waals surface area contributed by atoms with E-state index in [9.17, 15) is 24.6 Å². The van der Waals surface area contributed by atoms with Gasteiger partial charge in [-0.1, -0.05) is 13.0 Å². The van der Waals surface area contributed by atoms with Crippen molar-refractivity contribution in [2.24, 2.45) is 17.8 Å². The van der Waals surface area contributed by atoms with E-state index < -0.39 is 34.1 Å². The minimum Gasteiger partial charge on any atom is -0.481 e. The van der Waals surface area contributed by atoms with E-state index in [2.05, 4.69) is 13.5 Å². The highest BCUT2D eigenvalue weighted by molar-refractivity contribution is 8.02. The molecule has 2 amide bonds. The summed E-state index contributed by atoms with van der Waals surface area (Å²) in [4.78, 5) is 43.0. The number of thioether (sulfide) groups is 1. The lowest BCUT2D eigenvalue weighted by molar-refractivity contribution is -0.149. The number of amides is 2. The summed E-state index contributed by atoms with van der Waals surface area (Å²) in [5.41, 5.74) is -0.462. The van der Waals surface area contributed by atoms with E-state index >= 15 is 0 Å². The van der Waals surface area contributed by atoms with Crippen molar-refractivity contribution in [3.8, 4) is 0 Å². The number of fused-ring (bicyclic) bond motifs is 1. The van der Waals surface area contributed by atoms with Crippen LogP contribution in [0.25, 0.3) is 0 Å². The molecule has 7 nitrogen and oxygen atoms in total. The van der Waals surface area contributed by atoms with Crippen molar-refractivity contribution in [1.29, 1.82) is 0 Å². The number of hydrogen-bond donors (Lipinski definition) is 2. The molecule has 0 saturated carbocycles. The lowest BCUT2D eigenvalue weighted by Gasteiger charge is -2.44. The number of aliphatic hydroxyl groups excluding tert-OH is 1. The first kappa shape index (κ1) is 23.1. The first-order chi connectivity index (χ1) is 14.0. The largest absolute Gasteiger partial charge is 0.481 e. The number of hydrogen-bond acceptors (Lipinski definition) is 5. The van der Waals surface area contributed by atoms with E-state index in [1.165, 1.54) is 0 Å². The van der Waals surface area contributed by atoms with Gasteiger partial charge in [-0.05, 0) is 46.0 Å². The smallest absolute Gasteiger partial charge is 0.308 e. The maximum atomic E-state index is 14.0. The van der Waals surface area contributed by atoms with Crippen molar-refractivity contribution < 1.29 is 24.6 Å². The fourth-order valence-electron chi connectivity index (χ4n) is 5.69.